The highest BCUT2D eigenvalue weighted by molar-refractivity contribution is 7.99. The zero-order valence-corrected chi connectivity index (χ0v) is 11.3. The lowest BCUT2D eigenvalue weighted by Crippen LogP contribution is -2.26. The third kappa shape index (κ3) is 4.53. The maximum atomic E-state index is 5.22. The van der Waals surface area contributed by atoms with Gasteiger partial charge in [-0.25, -0.2) is 0 Å². The molecule has 5 heteroatoms. The van der Waals surface area contributed by atoms with Crippen LogP contribution in [-0.2, 0) is 12.2 Å². The van der Waals surface area contributed by atoms with Crippen LogP contribution in [0.5, 0.6) is 0 Å². The first kappa shape index (κ1) is 13.5. The van der Waals surface area contributed by atoms with Crippen molar-refractivity contribution in [2.75, 3.05) is 7.05 Å². The molecule has 1 aromatic rings. The summed E-state index contributed by atoms with van der Waals surface area (Å²) in [6, 6.07) is 0.422. The Bertz CT molecular complexity index is 297. The van der Waals surface area contributed by atoms with Crippen molar-refractivity contribution in [1.29, 1.82) is 0 Å². The van der Waals surface area contributed by atoms with E-state index < -0.39 is 0 Å². The highest BCUT2D eigenvalue weighted by atomic mass is 32.2. The van der Waals surface area contributed by atoms with Gasteiger partial charge in [0.2, 0.25) is 5.89 Å². The van der Waals surface area contributed by atoms with Crippen molar-refractivity contribution < 1.29 is 4.52 Å². The first-order chi connectivity index (χ1) is 7.65. The molecule has 1 atom stereocenters. The minimum absolute atomic E-state index is 0.422. The zero-order valence-electron chi connectivity index (χ0n) is 10.5. The van der Waals surface area contributed by atoms with E-state index in [1.807, 2.05) is 18.8 Å². The standard InChI is InChI=1S/C11H21N3OS/c1-5-9(12-4)6-11-13-10(14-15-11)7-16-8(2)3/h8-9,12H,5-7H2,1-4H3. The molecule has 0 aliphatic rings. The van der Waals surface area contributed by atoms with Crippen molar-refractivity contribution in [2.45, 2.75) is 50.7 Å². The molecule has 0 aliphatic carbocycles. The SMILES string of the molecule is CCC(Cc1nc(CSC(C)C)no1)NC. The summed E-state index contributed by atoms with van der Waals surface area (Å²) in [4.78, 5) is 4.38. The Morgan fingerprint density at radius 1 is 1.44 bits per heavy atom. The maximum Gasteiger partial charge on any atom is 0.228 e. The van der Waals surface area contributed by atoms with Crippen LogP contribution in [0.3, 0.4) is 0 Å². The average Bonchev–Trinajstić information content (AvgIpc) is 2.70. The van der Waals surface area contributed by atoms with Crippen molar-refractivity contribution in [3.05, 3.63) is 11.7 Å². The van der Waals surface area contributed by atoms with E-state index in [0.717, 1.165) is 30.3 Å². The quantitative estimate of drug-likeness (QED) is 0.796. The van der Waals surface area contributed by atoms with Crippen LogP contribution in [0.4, 0.5) is 0 Å². The van der Waals surface area contributed by atoms with Crippen LogP contribution in [0.1, 0.15) is 38.9 Å². The Balaban J connectivity index is 2.44. The first-order valence-corrected chi connectivity index (χ1v) is 6.80. The molecule has 1 heterocycles. The van der Waals surface area contributed by atoms with Crippen LogP contribution in [0.2, 0.25) is 0 Å². The fourth-order valence-corrected chi connectivity index (χ4v) is 1.93. The van der Waals surface area contributed by atoms with E-state index in [0.29, 0.717) is 11.3 Å². The summed E-state index contributed by atoms with van der Waals surface area (Å²) in [5.74, 6) is 2.37. The predicted molar refractivity (Wildman–Crippen MR) is 67.6 cm³/mol. The highest BCUT2D eigenvalue weighted by Gasteiger charge is 2.11. The predicted octanol–water partition coefficient (Wildman–Crippen LogP) is 2.25. The third-order valence-electron chi connectivity index (χ3n) is 2.38. The number of thioether (sulfide) groups is 1. The molecule has 0 saturated heterocycles. The van der Waals surface area contributed by atoms with Crippen molar-refractivity contribution in [2.24, 2.45) is 0 Å². The summed E-state index contributed by atoms with van der Waals surface area (Å²) in [5.41, 5.74) is 0. The zero-order chi connectivity index (χ0) is 12.0. The summed E-state index contributed by atoms with van der Waals surface area (Å²) in [7, 11) is 1.96. The van der Waals surface area contributed by atoms with Crippen LogP contribution in [0.25, 0.3) is 0 Å². The molecule has 1 aromatic heterocycles. The van der Waals surface area contributed by atoms with Gasteiger partial charge in [-0.1, -0.05) is 25.9 Å². The normalized spacial score (nSPS) is 13.3. The largest absolute Gasteiger partial charge is 0.339 e. The van der Waals surface area contributed by atoms with E-state index in [1.54, 1.807) is 0 Å². The van der Waals surface area contributed by atoms with Gasteiger partial charge in [-0.15, -0.1) is 0 Å². The van der Waals surface area contributed by atoms with Gasteiger partial charge in [0, 0.05) is 12.5 Å². The lowest BCUT2D eigenvalue weighted by molar-refractivity contribution is 0.356. The van der Waals surface area contributed by atoms with Gasteiger partial charge in [0.25, 0.3) is 0 Å². The molecule has 16 heavy (non-hydrogen) atoms. The molecule has 0 amide bonds. The van der Waals surface area contributed by atoms with E-state index in [-0.39, 0.29) is 0 Å². The maximum absolute atomic E-state index is 5.22. The summed E-state index contributed by atoms with van der Waals surface area (Å²) in [6.45, 7) is 6.48. The Morgan fingerprint density at radius 3 is 2.75 bits per heavy atom. The topological polar surface area (TPSA) is 51.0 Å². The van der Waals surface area contributed by atoms with E-state index in [1.165, 1.54) is 0 Å². The summed E-state index contributed by atoms with van der Waals surface area (Å²) < 4.78 is 5.22. The van der Waals surface area contributed by atoms with Gasteiger partial charge in [0.05, 0.1) is 5.75 Å². The van der Waals surface area contributed by atoms with Gasteiger partial charge in [0.1, 0.15) is 0 Å². The van der Waals surface area contributed by atoms with Gasteiger partial charge in [-0.05, 0) is 18.7 Å². The van der Waals surface area contributed by atoms with E-state index >= 15 is 0 Å². The Kier molecular flexibility index (Phi) is 5.84. The third-order valence-corrected chi connectivity index (χ3v) is 3.47. The van der Waals surface area contributed by atoms with Crippen molar-refractivity contribution in [1.82, 2.24) is 15.5 Å². The van der Waals surface area contributed by atoms with Gasteiger partial charge in [-0.2, -0.15) is 16.7 Å². The number of hydrogen-bond acceptors (Lipinski definition) is 5. The van der Waals surface area contributed by atoms with Crippen LogP contribution < -0.4 is 5.32 Å². The Morgan fingerprint density at radius 2 is 2.19 bits per heavy atom. The molecule has 4 nitrogen and oxygen atoms in total. The number of nitrogens with one attached hydrogen (secondary N) is 1. The molecule has 0 fully saturated rings. The molecule has 0 saturated carbocycles. The first-order valence-electron chi connectivity index (χ1n) is 5.76. The van der Waals surface area contributed by atoms with E-state index in [4.69, 9.17) is 4.52 Å². The van der Waals surface area contributed by atoms with Crippen molar-refractivity contribution >= 4 is 11.8 Å². The second-order valence-electron chi connectivity index (χ2n) is 4.06. The molecule has 92 valence electrons. The lowest BCUT2D eigenvalue weighted by Gasteiger charge is -2.09. The highest BCUT2D eigenvalue weighted by Crippen LogP contribution is 2.15. The number of likely N-dealkylation sites (N-methyl/N-ethyl adjacent to an activating group) is 1. The molecular formula is C11H21N3OS. The average molecular weight is 243 g/mol. The lowest BCUT2D eigenvalue weighted by atomic mass is 10.1. The van der Waals surface area contributed by atoms with Gasteiger partial charge < -0.3 is 9.84 Å². The van der Waals surface area contributed by atoms with Crippen LogP contribution in [0.15, 0.2) is 4.52 Å². The number of aromatic nitrogens is 2. The number of hydrogen-bond donors (Lipinski definition) is 1. The molecule has 1 N–H and O–H groups in total. The van der Waals surface area contributed by atoms with Crippen LogP contribution in [-0.4, -0.2) is 28.5 Å². The molecular weight excluding hydrogens is 222 g/mol. The molecule has 1 rings (SSSR count). The van der Waals surface area contributed by atoms with Gasteiger partial charge in [-0.3, -0.25) is 0 Å². The van der Waals surface area contributed by atoms with E-state index in [9.17, 15) is 0 Å². The second-order valence-corrected chi connectivity index (χ2v) is 5.63. The fourth-order valence-electron chi connectivity index (χ4n) is 1.33. The number of nitrogens with zero attached hydrogens (tertiary/aromatic N) is 2. The van der Waals surface area contributed by atoms with Crippen LogP contribution in [0, 0.1) is 0 Å². The molecule has 0 bridgehead atoms. The second kappa shape index (κ2) is 6.91. The molecule has 0 aromatic carbocycles. The van der Waals surface area contributed by atoms with Crippen molar-refractivity contribution in [3.63, 3.8) is 0 Å². The van der Waals surface area contributed by atoms with Crippen molar-refractivity contribution in [3.8, 4) is 0 Å². The number of rotatable bonds is 7. The molecule has 0 aliphatic heterocycles. The monoisotopic (exact) mass is 243 g/mol. The molecule has 1 unspecified atom stereocenters. The fraction of sp³-hybridized carbons (Fsp3) is 0.818. The molecule has 0 radical (unpaired) electrons. The Hall–Kier alpha value is -0.550. The minimum atomic E-state index is 0.422. The summed E-state index contributed by atoms with van der Waals surface area (Å²) in [5, 5.41) is 7.80. The molecule has 0 spiro atoms. The van der Waals surface area contributed by atoms with E-state index in [2.05, 4.69) is 36.2 Å². The minimum Gasteiger partial charge on any atom is -0.339 e. The summed E-state index contributed by atoms with van der Waals surface area (Å²) >= 11 is 1.83. The van der Waals surface area contributed by atoms with Crippen LogP contribution >= 0.6 is 11.8 Å². The van der Waals surface area contributed by atoms with Gasteiger partial charge >= 0.3 is 0 Å². The Labute approximate surface area is 102 Å². The van der Waals surface area contributed by atoms with Gasteiger partial charge in [0.15, 0.2) is 5.82 Å². The smallest absolute Gasteiger partial charge is 0.228 e. The summed E-state index contributed by atoms with van der Waals surface area (Å²) in [6.07, 6.45) is 1.88.